The Bertz CT molecular complexity index is 1040. The van der Waals surface area contributed by atoms with Crippen LogP contribution < -0.4 is 5.32 Å². The number of nitrogens with zero attached hydrogens (tertiary/aromatic N) is 5. The van der Waals surface area contributed by atoms with Gasteiger partial charge in [0.05, 0.1) is 15.5 Å². The molecule has 3 aromatic rings. The predicted molar refractivity (Wildman–Crippen MR) is 95.4 cm³/mol. The van der Waals surface area contributed by atoms with E-state index >= 15 is 0 Å². The highest BCUT2D eigenvalue weighted by Gasteiger charge is 2.19. The number of aryl methyl sites for hydroxylation is 1. The molecular formula is C15H10ClFN6O3S. The van der Waals surface area contributed by atoms with Crippen LogP contribution >= 0.6 is 23.4 Å². The number of nitro benzene ring substituents is 1. The summed E-state index contributed by atoms with van der Waals surface area (Å²) in [7, 11) is 1.62. The van der Waals surface area contributed by atoms with Gasteiger partial charge in [0.2, 0.25) is 5.16 Å². The monoisotopic (exact) mass is 408 g/mol. The van der Waals surface area contributed by atoms with E-state index < -0.39 is 16.6 Å². The zero-order valence-electron chi connectivity index (χ0n) is 13.6. The van der Waals surface area contributed by atoms with Crippen LogP contribution in [0.4, 0.5) is 15.8 Å². The molecule has 0 aliphatic heterocycles. The van der Waals surface area contributed by atoms with Crippen LogP contribution in [0.1, 0.15) is 10.4 Å². The van der Waals surface area contributed by atoms with Gasteiger partial charge in [0.15, 0.2) is 0 Å². The number of hydrogen-bond acceptors (Lipinski definition) is 7. The second-order valence-electron chi connectivity index (χ2n) is 5.21. The van der Waals surface area contributed by atoms with Crippen LogP contribution in [0.25, 0.3) is 0 Å². The van der Waals surface area contributed by atoms with Crippen molar-refractivity contribution < 1.29 is 14.1 Å². The average Bonchev–Trinajstić information content (AvgIpc) is 3.03. The molecule has 1 aromatic heterocycles. The normalized spacial score (nSPS) is 10.6. The van der Waals surface area contributed by atoms with Crippen molar-refractivity contribution >= 4 is 40.6 Å². The summed E-state index contributed by atoms with van der Waals surface area (Å²) in [5.41, 5.74) is 0.0320. The number of nitro groups is 1. The second kappa shape index (κ2) is 7.68. The summed E-state index contributed by atoms with van der Waals surface area (Å²) in [6, 6.07) is 7.53. The Labute approximate surface area is 160 Å². The molecule has 0 unspecified atom stereocenters. The molecule has 0 spiro atoms. The third-order valence-corrected chi connectivity index (χ3v) is 4.77. The first kappa shape index (κ1) is 18.7. The van der Waals surface area contributed by atoms with Gasteiger partial charge in [-0.3, -0.25) is 14.9 Å². The first-order valence-electron chi connectivity index (χ1n) is 7.30. The number of halogens is 2. The molecule has 0 atom stereocenters. The van der Waals surface area contributed by atoms with Gasteiger partial charge in [-0.2, -0.15) is 0 Å². The van der Waals surface area contributed by atoms with Gasteiger partial charge in [0.1, 0.15) is 5.82 Å². The number of anilines is 1. The number of hydrogen-bond donors (Lipinski definition) is 1. The minimum absolute atomic E-state index is 0.0395. The maximum atomic E-state index is 13.3. The van der Waals surface area contributed by atoms with Crippen molar-refractivity contribution in [2.45, 2.75) is 10.1 Å². The van der Waals surface area contributed by atoms with Gasteiger partial charge >= 0.3 is 0 Å². The summed E-state index contributed by atoms with van der Waals surface area (Å²) in [6.07, 6.45) is 0. The van der Waals surface area contributed by atoms with Crippen LogP contribution in [-0.4, -0.2) is 31.0 Å². The Hall–Kier alpha value is -3.05. The van der Waals surface area contributed by atoms with E-state index in [0.717, 1.165) is 23.9 Å². The third-order valence-electron chi connectivity index (χ3n) is 3.38. The standard InChI is InChI=1S/C15H10ClFN6O3S/c1-22-15(19-20-21-22)27-13-5-3-9(23(25)26)7-10(13)14(24)18-8-2-4-12(17)11(16)6-8/h2-7H,1H3,(H,18,24). The molecule has 0 saturated carbocycles. The summed E-state index contributed by atoms with van der Waals surface area (Å²) < 4.78 is 14.7. The zero-order chi connectivity index (χ0) is 19.6. The van der Waals surface area contributed by atoms with Crippen LogP contribution in [0.2, 0.25) is 5.02 Å². The first-order valence-corrected chi connectivity index (χ1v) is 8.49. The predicted octanol–water partition coefficient (Wildman–Crippen LogP) is 3.31. The van der Waals surface area contributed by atoms with E-state index in [1.165, 1.54) is 28.9 Å². The average molecular weight is 409 g/mol. The lowest BCUT2D eigenvalue weighted by Crippen LogP contribution is -2.13. The molecule has 3 rings (SSSR count). The number of benzene rings is 2. The van der Waals surface area contributed by atoms with Crippen LogP contribution in [-0.2, 0) is 7.05 Å². The SMILES string of the molecule is Cn1nnnc1Sc1ccc([N+](=O)[O-])cc1C(=O)Nc1ccc(F)c(Cl)c1. The van der Waals surface area contributed by atoms with E-state index in [1.807, 2.05) is 0 Å². The molecule has 27 heavy (non-hydrogen) atoms. The fourth-order valence-corrected chi connectivity index (χ4v) is 3.10. The molecule has 138 valence electrons. The van der Waals surface area contributed by atoms with Gasteiger partial charge in [0, 0.05) is 29.8 Å². The highest BCUT2D eigenvalue weighted by atomic mass is 35.5. The van der Waals surface area contributed by atoms with Crippen LogP contribution in [0.3, 0.4) is 0 Å². The highest BCUT2D eigenvalue weighted by molar-refractivity contribution is 7.99. The summed E-state index contributed by atoms with van der Waals surface area (Å²) in [4.78, 5) is 23.5. The summed E-state index contributed by atoms with van der Waals surface area (Å²) in [6.45, 7) is 0. The number of carbonyl (C=O) groups excluding carboxylic acids is 1. The number of non-ortho nitro benzene ring substituents is 1. The van der Waals surface area contributed by atoms with Gasteiger partial charge in [-0.15, -0.1) is 5.10 Å². The van der Waals surface area contributed by atoms with Crippen molar-refractivity contribution in [3.63, 3.8) is 0 Å². The summed E-state index contributed by atoms with van der Waals surface area (Å²) >= 11 is 6.78. The van der Waals surface area contributed by atoms with Gasteiger partial charge < -0.3 is 5.32 Å². The summed E-state index contributed by atoms with van der Waals surface area (Å²) in [5.74, 6) is -1.25. The Morgan fingerprint density at radius 2 is 2.11 bits per heavy atom. The van der Waals surface area contributed by atoms with Crippen molar-refractivity contribution in [3.8, 4) is 0 Å². The first-order chi connectivity index (χ1) is 12.8. The van der Waals surface area contributed by atoms with E-state index in [0.29, 0.717) is 10.1 Å². The molecule has 9 nitrogen and oxygen atoms in total. The van der Waals surface area contributed by atoms with Gasteiger partial charge in [-0.25, -0.2) is 9.07 Å². The van der Waals surface area contributed by atoms with E-state index in [-0.39, 0.29) is 22.0 Å². The molecule has 1 N–H and O–H groups in total. The fraction of sp³-hybridized carbons (Fsp3) is 0.0667. The van der Waals surface area contributed by atoms with Crippen molar-refractivity contribution in [3.05, 3.63) is 62.9 Å². The quantitative estimate of drug-likeness (QED) is 0.508. The lowest BCUT2D eigenvalue weighted by molar-refractivity contribution is -0.384. The van der Waals surface area contributed by atoms with Crippen LogP contribution in [0.15, 0.2) is 46.5 Å². The molecule has 0 fully saturated rings. The number of amides is 1. The minimum Gasteiger partial charge on any atom is -0.322 e. The Balaban J connectivity index is 1.96. The molecule has 0 radical (unpaired) electrons. The maximum absolute atomic E-state index is 13.3. The van der Waals surface area contributed by atoms with Crippen LogP contribution in [0, 0.1) is 15.9 Å². The number of nitrogens with one attached hydrogen (secondary N) is 1. The fourth-order valence-electron chi connectivity index (χ4n) is 2.08. The Morgan fingerprint density at radius 1 is 1.33 bits per heavy atom. The van der Waals surface area contributed by atoms with E-state index in [9.17, 15) is 19.3 Å². The van der Waals surface area contributed by atoms with E-state index in [2.05, 4.69) is 20.8 Å². The van der Waals surface area contributed by atoms with Crippen LogP contribution in [0.5, 0.6) is 0 Å². The number of tetrazole rings is 1. The third kappa shape index (κ3) is 4.20. The maximum Gasteiger partial charge on any atom is 0.270 e. The molecule has 2 aromatic carbocycles. The Kier molecular flexibility index (Phi) is 5.33. The van der Waals surface area contributed by atoms with Crippen molar-refractivity contribution in [1.29, 1.82) is 0 Å². The van der Waals surface area contributed by atoms with Gasteiger partial charge in [-0.05, 0) is 46.5 Å². The molecule has 12 heteroatoms. The minimum atomic E-state index is -0.629. The van der Waals surface area contributed by atoms with E-state index in [1.54, 1.807) is 7.05 Å². The Morgan fingerprint density at radius 3 is 2.74 bits per heavy atom. The van der Waals surface area contributed by atoms with Crippen molar-refractivity contribution in [2.75, 3.05) is 5.32 Å². The molecular weight excluding hydrogens is 399 g/mol. The van der Waals surface area contributed by atoms with Crippen molar-refractivity contribution in [2.24, 2.45) is 7.05 Å². The molecule has 0 aliphatic carbocycles. The lowest BCUT2D eigenvalue weighted by atomic mass is 10.2. The van der Waals surface area contributed by atoms with Gasteiger partial charge in [-0.1, -0.05) is 11.6 Å². The molecule has 1 amide bonds. The zero-order valence-corrected chi connectivity index (χ0v) is 15.2. The number of rotatable bonds is 5. The number of aromatic nitrogens is 4. The smallest absolute Gasteiger partial charge is 0.270 e. The van der Waals surface area contributed by atoms with Gasteiger partial charge in [0.25, 0.3) is 11.6 Å². The largest absolute Gasteiger partial charge is 0.322 e. The lowest BCUT2D eigenvalue weighted by Gasteiger charge is -2.10. The summed E-state index contributed by atoms with van der Waals surface area (Å²) in [5, 5.41) is 24.9. The topological polar surface area (TPSA) is 116 Å². The van der Waals surface area contributed by atoms with Crippen molar-refractivity contribution in [1.82, 2.24) is 20.2 Å². The molecule has 1 heterocycles. The number of carbonyl (C=O) groups is 1. The molecule has 0 aliphatic rings. The van der Waals surface area contributed by atoms with E-state index in [4.69, 9.17) is 11.6 Å². The second-order valence-corrected chi connectivity index (χ2v) is 6.62. The highest BCUT2D eigenvalue weighted by Crippen LogP contribution is 2.31. The molecule has 0 saturated heterocycles. The molecule has 0 bridgehead atoms.